The molecule has 0 radical (unpaired) electrons. The summed E-state index contributed by atoms with van der Waals surface area (Å²) in [4.78, 5) is 2.46. The zero-order chi connectivity index (χ0) is 17.9. The van der Waals surface area contributed by atoms with Crippen molar-refractivity contribution in [3.05, 3.63) is 53.3 Å². The number of aryl methyl sites for hydroxylation is 1. The molecular formula is C18H26N4O2S. The van der Waals surface area contributed by atoms with Crippen LogP contribution in [0.15, 0.2) is 36.4 Å². The Morgan fingerprint density at radius 2 is 2.00 bits per heavy atom. The van der Waals surface area contributed by atoms with E-state index in [1.165, 1.54) is 11.8 Å². The zero-order valence-corrected chi connectivity index (χ0v) is 15.7. The Hall–Kier alpha value is -1.70. The van der Waals surface area contributed by atoms with Crippen molar-refractivity contribution in [2.24, 2.45) is 0 Å². The molecule has 25 heavy (non-hydrogen) atoms. The molecule has 0 bridgehead atoms. The molecule has 3 rings (SSSR count). The van der Waals surface area contributed by atoms with E-state index in [1.807, 2.05) is 16.8 Å². The molecule has 1 atom stereocenters. The first-order chi connectivity index (χ1) is 11.9. The van der Waals surface area contributed by atoms with Crippen molar-refractivity contribution >= 4 is 10.0 Å². The van der Waals surface area contributed by atoms with Gasteiger partial charge < -0.3 is 0 Å². The van der Waals surface area contributed by atoms with Crippen LogP contribution in [-0.4, -0.2) is 42.4 Å². The fraction of sp³-hybridized carbons (Fsp3) is 0.500. The van der Waals surface area contributed by atoms with Crippen LogP contribution in [0.25, 0.3) is 0 Å². The van der Waals surface area contributed by atoms with Gasteiger partial charge in [-0.25, -0.2) is 13.1 Å². The second kappa shape index (κ2) is 7.68. The molecule has 1 aliphatic rings. The topological polar surface area (TPSA) is 67.2 Å². The van der Waals surface area contributed by atoms with Gasteiger partial charge in [0.2, 0.25) is 10.0 Å². The van der Waals surface area contributed by atoms with Gasteiger partial charge >= 0.3 is 0 Å². The molecule has 1 aliphatic heterocycles. The summed E-state index contributed by atoms with van der Waals surface area (Å²) >= 11 is 0. The lowest BCUT2D eigenvalue weighted by atomic mass is 10.0. The molecule has 0 unspecified atom stereocenters. The van der Waals surface area contributed by atoms with E-state index in [0.717, 1.165) is 44.0 Å². The highest BCUT2D eigenvalue weighted by Crippen LogP contribution is 2.20. The number of nitrogens with zero attached hydrogens (tertiary/aromatic N) is 3. The van der Waals surface area contributed by atoms with Crippen molar-refractivity contribution in [2.75, 3.05) is 19.3 Å². The van der Waals surface area contributed by atoms with Crippen LogP contribution in [0.3, 0.4) is 0 Å². The first-order valence-electron chi connectivity index (χ1n) is 8.68. The van der Waals surface area contributed by atoms with Gasteiger partial charge in [-0.15, -0.1) is 0 Å². The van der Waals surface area contributed by atoms with E-state index >= 15 is 0 Å². The van der Waals surface area contributed by atoms with Crippen LogP contribution in [0.5, 0.6) is 0 Å². The lowest BCUT2D eigenvalue weighted by Crippen LogP contribution is -2.27. The molecule has 2 heterocycles. The normalized spacial score (nSPS) is 17.0. The Labute approximate surface area is 149 Å². The van der Waals surface area contributed by atoms with Gasteiger partial charge in [0.05, 0.1) is 24.2 Å². The molecule has 1 N–H and O–H groups in total. The van der Waals surface area contributed by atoms with Crippen LogP contribution in [0.4, 0.5) is 0 Å². The lowest BCUT2D eigenvalue weighted by Gasteiger charge is -2.24. The summed E-state index contributed by atoms with van der Waals surface area (Å²) in [5.74, 6) is 0.474. The van der Waals surface area contributed by atoms with Gasteiger partial charge in [-0.05, 0) is 24.0 Å². The highest BCUT2D eigenvalue weighted by atomic mass is 32.2. The smallest absolute Gasteiger partial charge is 0.209 e. The van der Waals surface area contributed by atoms with Crippen molar-refractivity contribution in [1.82, 2.24) is 19.4 Å². The molecule has 136 valence electrons. The minimum absolute atomic E-state index is 0.249. The lowest BCUT2D eigenvalue weighted by molar-refractivity contribution is 0.256. The van der Waals surface area contributed by atoms with E-state index in [-0.39, 0.29) is 6.54 Å². The Balaban J connectivity index is 1.65. The second-order valence-electron chi connectivity index (χ2n) is 6.84. The van der Waals surface area contributed by atoms with E-state index in [1.54, 1.807) is 0 Å². The van der Waals surface area contributed by atoms with E-state index < -0.39 is 10.0 Å². The number of nitrogens with one attached hydrogen (secondary N) is 1. The number of sulfonamides is 1. The highest BCUT2D eigenvalue weighted by Gasteiger charge is 2.19. The van der Waals surface area contributed by atoms with Crippen LogP contribution < -0.4 is 4.72 Å². The SMILES string of the molecule is C[C@@H](CN1CCCn2nc(CNS(C)(=O)=O)cc2C1)c1ccccc1. The highest BCUT2D eigenvalue weighted by molar-refractivity contribution is 7.88. The number of rotatable bonds is 6. The summed E-state index contributed by atoms with van der Waals surface area (Å²) in [5, 5.41) is 4.55. The van der Waals surface area contributed by atoms with Gasteiger partial charge in [0, 0.05) is 26.2 Å². The third-order valence-corrected chi connectivity index (χ3v) is 5.23. The third kappa shape index (κ3) is 5.14. The maximum atomic E-state index is 11.3. The molecule has 1 aromatic carbocycles. The Bertz CT molecular complexity index is 802. The Morgan fingerprint density at radius 3 is 2.72 bits per heavy atom. The fourth-order valence-electron chi connectivity index (χ4n) is 3.31. The second-order valence-corrected chi connectivity index (χ2v) is 8.68. The first-order valence-corrected chi connectivity index (χ1v) is 10.6. The quantitative estimate of drug-likeness (QED) is 0.853. The monoisotopic (exact) mass is 362 g/mol. The van der Waals surface area contributed by atoms with Crippen LogP contribution in [0.2, 0.25) is 0 Å². The van der Waals surface area contributed by atoms with Crippen molar-refractivity contribution in [2.45, 2.75) is 38.9 Å². The summed E-state index contributed by atoms with van der Waals surface area (Å²) in [6.07, 6.45) is 2.22. The van der Waals surface area contributed by atoms with E-state index in [2.05, 4.69) is 45.9 Å². The van der Waals surface area contributed by atoms with Gasteiger partial charge in [-0.3, -0.25) is 9.58 Å². The van der Waals surface area contributed by atoms with Crippen molar-refractivity contribution in [3.63, 3.8) is 0 Å². The van der Waals surface area contributed by atoms with E-state index in [4.69, 9.17) is 0 Å². The van der Waals surface area contributed by atoms with Crippen LogP contribution >= 0.6 is 0 Å². The van der Waals surface area contributed by atoms with Gasteiger partial charge in [0.25, 0.3) is 0 Å². The fourth-order valence-corrected chi connectivity index (χ4v) is 3.72. The molecule has 0 amide bonds. The molecule has 7 heteroatoms. The number of fused-ring (bicyclic) bond motifs is 1. The summed E-state index contributed by atoms with van der Waals surface area (Å²) in [7, 11) is -3.20. The average molecular weight is 362 g/mol. The van der Waals surface area contributed by atoms with Gasteiger partial charge in [0.15, 0.2) is 0 Å². The number of hydrogen-bond acceptors (Lipinski definition) is 4. The molecule has 0 spiro atoms. The number of aromatic nitrogens is 2. The molecular weight excluding hydrogens is 336 g/mol. The maximum absolute atomic E-state index is 11.3. The number of benzene rings is 1. The molecule has 0 saturated carbocycles. The summed E-state index contributed by atoms with van der Waals surface area (Å²) in [5.41, 5.74) is 3.29. The molecule has 1 aromatic heterocycles. The Kier molecular flexibility index (Phi) is 5.56. The standard InChI is InChI=1S/C18H26N4O2S/c1-15(16-7-4-3-5-8-16)13-21-9-6-10-22-18(14-21)11-17(20-22)12-19-25(2,23)24/h3-5,7-8,11,15,19H,6,9-10,12-14H2,1-2H3/t15-/m0/s1. The molecule has 0 fully saturated rings. The minimum atomic E-state index is -3.20. The first kappa shape index (κ1) is 18.1. The van der Waals surface area contributed by atoms with Crippen LogP contribution in [0, 0.1) is 0 Å². The van der Waals surface area contributed by atoms with Crippen molar-refractivity contribution in [1.29, 1.82) is 0 Å². The number of hydrogen-bond donors (Lipinski definition) is 1. The largest absolute Gasteiger partial charge is 0.297 e. The van der Waals surface area contributed by atoms with Gasteiger partial charge in [-0.1, -0.05) is 37.3 Å². The zero-order valence-electron chi connectivity index (χ0n) is 14.9. The van der Waals surface area contributed by atoms with Crippen molar-refractivity contribution < 1.29 is 8.42 Å². The molecule has 0 aliphatic carbocycles. The molecule has 0 saturated heterocycles. The Morgan fingerprint density at radius 1 is 1.24 bits per heavy atom. The van der Waals surface area contributed by atoms with E-state index in [0.29, 0.717) is 5.92 Å². The van der Waals surface area contributed by atoms with E-state index in [9.17, 15) is 8.42 Å². The molecule has 2 aromatic rings. The predicted octanol–water partition coefficient (Wildman–Crippen LogP) is 1.94. The molecule has 6 nitrogen and oxygen atoms in total. The van der Waals surface area contributed by atoms with Crippen LogP contribution in [0.1, 0.15) is 36.2 Å². The minimum Gasteiger partial charge on any atom is -0.297 e. The summed E-state index contributed by atoms with van der Waals surface area (Å²) in [6.45, 7) is 6.30. The van der Waals surface area contributed by atoms with Gasteiger partial charge in [0.1, 0.15) is 0 Å². The third-order valence-electron chi connectivity index (χ3n) is 4.56. The van der Waals surface area contributed by atoms with Crippen molar-refractivity contribution in [3.8, 4) is 0 Å². The predicted molar refractivity (Wildman–Crippen MR) is 98.7 cm³/mol. The summed E-state index contributed by atoms with van der Waals surface area (Å²) in [6, 6.07) is 12.6. The average Bonchev–Trinajstić information content (AvgIpc) is 2.85. The summed E-state index contributed by atoms with van der Waals surface area (Å²) < 4.78 is 27.0. The van der Waals surface area contributed by atoms with Crippen LogP contribution in [-0.2, 0) is 29.7 Å². The van der Waals surface area contributed by atoms with Gasteiger partial charge in [-0.2, -0.15) is 5.10 Å². The maximum Gasteiger partial charge on any atom is 0.209 e.